The highest BCUT2D eigenvalue weighted by Gasteiger charge is 2.15. The Morgan fingerprint density at radius 1 is 1.21 bits per heavy atom. The first-order valence-corrected chi connectivity index (χ1v) is 5.31. The van der Waals surface area contributed by atoms with Crippen LogP contribution >= 0.6 is 0 Å². The number of esters is 1. The molecule has 1 N–H and O–H groups in total. The number of carbonyl (C=O) groups is 2. The predicted octanol–water partition coefficient (Wildman–Crippen LogP) is 1.64. The number of carbonyl (C=O) groups excluding carboxylic acids is 1. The standard InChI is InChI=1S/C13H14O6/c1-8(13(15)16)6-12(14)19-10-5-4-9(17-2)7-11(10)18-3/h4-5,7H,1,6H2,2-3H3,(H,15,16). The number of hydrogen-bond donors (Lipinski definition) is 1. The maximum atomic E-state index is 11.5. The zero-order chi connectivity index (χ0) is 14.4. The minimum absolute atomic E-state index is 0.187. The Kier molecular flexibility index (Phi) is 4.93. The molecule has 0 amide bonds. The van der Waals surface area contributed by atoms with Crippen molar-refractivity contribution in [1.29, 1.82) is 0 Å². The summed E-state index contributed by atoms with van der Waals surface area (Å²) in [5.41, 5.74) is -0.238. The molecule has 0 aliphatic rings. The zero-order valence-corrected chi connectivity index (χ0v) is 10.6. The second kappa shape index (κ2) is 6.44. The number of carboxylic acids is 1. The van der Waals surface area contributed by atoms with Crippen LogP contribution in [0.15, 0.2) is 30.4 Å². The maximum Gasteiger partial charge on any atom is 0.331 e. The average molecular weight is 266 g/mol. The zero-order valence-electron chi connectivity index (χ0n) is 10.6. The Hall–Kier alpha value is -2.50. The van der Waals surface area contributed by atoms with Gasteiger partial charge in [-0.15, -0.1) is 0 Å². The molecule has 102 valence electrons. The summed E-state index contributed by atoms with van der Waals surface area (Å²) in [4.78, 5) is 22.1. The van der Waals surface area contributed by atoms with Gasteiger partial charge in [-0.2, -0.15) is 0 Å². The fourth-order valence-corrected chi connectivity index (χ4v) is 1.27. The quantitative estimate of drug-likeness (QED) is 0.479. The van der Waals surface area contributed by atoms with E-state index in [4.69, 9.17) is 19.3 Å². The summed E-state index contributed by atoms with van der Waals surface area (Å²) in [6, 6.07) is 4.64. The molecule has 0 radical (unpaired) electrons. The molecule has 0 fully saturated rings. The molecule has 19 heavy (non-hydrogen) atoms. The van der Waals surface area contributed by atoms with Gasteiger partial charge in [0.1, 0.15) is 5.75 Å². The number of methoxy groups -OCH3 is 2. The van der Waals surface area contributed by atoms with Crippen molar-refractivity contribution >= 4 is 11.9 Å². The third kappa shape index (κ3) is 4.02. The number of carboxylic acid groups (broad SMARTS) is 1. The largest absolute Gasteiger partial charge is 0.497 e. The van der Waals surface area contributed by atoms with Crippen molar-refractivity contribution in [2.75, 3.05) is 14.2 Å². The van der Waals surface area contributed by atoms with Crippen LogP contribution in [0.3, 0.4) is 0 Å². The van der Waals surface area contributed by atoms with Crippen molar-refractivity contribution in [2.24, 2.45) is 0 Å². The molecule has 0 atom stereocenters. The third-order valence-electron chi connectivity index (χ3n) is 2.25. The second-order valence-corrected chi connectivity index (χ2v) is 3.58. The van der Waals surface area contributed by atoms with Gasteiger partial charge >= 0.3 is 11.9 Å². The maximum absolute atomic E-state index is 11.5. The van der Waals surface area contributed by atoms with Gasteiger partial charge in [0.25, 0.3) is 0 Å². The molecule has 0 aliphatic heterocycles. The highest BCUT2D eigenvalue weighted by molar-refractivity contribution is 5.92. The lowest BCUT2D eigenvalue weighted by Crippen LogP contribution is -2.12. The summed E-state index contributed by atoms with van der Waals surface area (Å²) < 4.78 is 15.1. The Balaban J connectivity index is 2.79. The molecular formula is C13H14O6. The van der Waals surface area contributed by atoms with Crippen LogP contribution < -0.4 is 14.2 Å². The van der Waals surface area contributed by atoms with Gasteiger partial charge in [0.15, 0.2) is 11.5 Å². The lowest BCUT2D eigenvalue weighted by Gasteiger charge is -2.10. The summed E-state index contributed by atoms with van der Waals surface area (Å²) >= 11 is 0. The lowest BCUT2D eigenvalue weighted by atomic mass is 10.2. The van der Waals surface area contributed by atoms with Crippen molar-refractivity contribution in [1.82, 2.24) is 0 Å². The molecular weight excluding hydrogens is 252 g/mol. The number of hydrogen-bond acceptors (Lipinski definition) is 5. The van der Waals surface area contributed by atoms with E-state index in [1.165, 1.54) is 20.3 Å². The van der Waals surface area contributed by atoms with Crippen LogP contribution in [0.25, 0.3) is 0 Å². The Morgan fingerprint density at radius 2 is 1.89 bits per heavy atom. The topological polar surface area (TPSA) is 82.1 Å². The number of rotatable bonds is 6. The van der Waals surface area contributed by atoms with Gasteiger partial charge in [-0.25, -0.2) is 4.79 Å². The number of benzene rings is 1. The molecule has 6 nitrogen and oxygen atoms in total. The van der Waals surface area contributed by atoms with Gasteiger partial charge in [-0.1, -0.05) is 6.58 Å². The van der Waals surface area contributed by atoms with E-state index in [-0.39, 0.29) is 11.3 Å². The van der Waals surface area contributed by atoms with Gasteiger partial charge in [-0.3, -0.25) is 4.79 Å². The first kappa shape index (κ1) is 14.6. The van der Waals surface area contributed by atoms with Crippen LogP contribution in [-0.4, -0.2) is 31.3 Å². The van der Waals surface area contributed by atoms with Gasteiger partial charge in [-0.05, 0) is 12.1 Å². The Labute approximate surface area is 110 Å². The molecule has 0 aliphatic carbocycles. The van der Waals surface area contributed by atoms with Crippen LogP contribution in [0.5, 0.6) is 17.2 Å². The van der Waals surface area contributed by atoms with E-state index in [1.807, 2.05) is 0 Å². The molecule has 0 aromatic heterocycles. The second-order valence-electron chi connectivity index (χ2n) is 3.58. The van der Waals surface area contributed by atoms with Crippen molar-refractivity contribution in [3.63, 3.8) is 0 Å². The predicted molar refractivity (Wildman–Crippen MR) is 66.6 cm³/mol. The summed E-state index contributed by atoms with van der Waals surface area (Å²) in [7, 11) is 2.92. The monoisotopic (exact) mass is 266 g/mol. The molecule has 6 heteroatoms. The summed E-state index contributed by atoms with van der Waals surface area (Å²) in [6.45, 7) is 3.25. The first-order chi connectivity index (χ1) is 8.97. The van der Waals surface area contributed by atoms with Gasteiger partial charge in [0.2, 0.25) is 0 Å². The average Bonchev–Trinajstić information content (AvgIpc) is 2.38. The molecule has 0 saturated carbocycles. The van der Waals surface area contributed by atoms with Crippen LogP contribution in [0.4, 0.5) is 0 Å². The van der Waals surface area contributed by atoms with E-state index < -0.39 is 18.4 Å². The van der Waals surface area contributed by atoms with E-state index in [2.05, 4.69) is 6.58 Å². The van der Waals surface area contributed by atoms with Gasteiger partial charge < -0.3 is 19.3 Å². The fourth-order valence-electron chi connectivity index (χ4n) is 1.27. The Bertz CT molecular complexity index is 506. The van der Waals surface area contributed by atoms with Gasteiger partial charge in [0, 0.05) is 11.6 Å². The highest BCUT2D eigenvalue weighted by atomic mass is 16.6. The van der Waals surface area contributed by atoms with E-state index in [1.54, 1.807) is 12.1 Å². The van der Waals surface area contributed by atoms with E-state index in [0.29, 0.717) is 11.5 Å². The van der Waals surface area contributed by atoms with Crippen LogP contribution in [0, 0.1) is 0 Å². The van der Waals surface area contributed by atoms with E-state index in [0.717, 1.165) is 0 Å². The number of ether oxygens (including phenoxy) is 3. The van der Waals surface area contributed by atoms with Crippen molar-refractivity contribution < 1.29 is 28.9 Å². The first-order valence-electron chi connectivity index (χ1n) is 5.31. The van der Waals surface area contributed by atoms with Crippen LogP contribution in [0.1, 0.15) is 6.42 Å². The molecule has 1 aromatic carbocycles. The normalized spacial score (nSPS) is 9.58. The highest BCUT2D eigenvalue weighted by Crippen LogP contribution is 2.31. The molecule has 1 rings (SSSR count). The minimum Gasteiger partial charge on any atom is -0.497 e. The lowest BCUT2D eigenvalue weighted by molar-refractivity contribution is -0.138. The molecule has 0 saturated heterocycles. The van der Waals surface area contributed by atoms with Crippen LogP contribution in [-0.2, 0) is 9.59 Å². The SMILES string of the molecule is C=C(CC(=O)Oc1ccc(OC)cc1OC)C(=O)O. The molecule has 0 heterocycles. The number of aliphatic carboxylic acids is 1. The van der Waals surface area contributed by atoms with E-state index >= 15 is 0 Å². The van der Waals surface area contributed by atoms with Gasteiger partial charge in [0.05, 0.1) is 20.6 Å². The summed E-state index contributed by atoms with van der Waals surface area (Å²) in [6.07, 6.45) is -0.398. The van der Waals surface area contributed by atoms with E-state index in [9.17, 15) is 9.59 Å². The van der Waals surface area contributed by atoms with Crippen molar-refractivity contribution in [3.05, 3.63) is 30.4 Å². The van der Waals surface area contributed by atoms with Crippen LogP contribution in [0.2, 0.25) is 0 Å². The third-order valence-corrected chi connectivity index (χ3v) is 2.25. The van der Waals surface area contributed by atoms with Crippen molar-refractivity contribution in [3.8, 4) is 17.2 Å². The fraction of sp³-hybridized carbons (Fsp3) is 0.231. The summed E-state index contributed by atoms with van der Waals surface area (Å²) in [5.74, 6) is -0.916. The molecule has 0 unspecified atom stereocenters. The van der Waals surface area contributed by atoms with Crippen molar-refractivity contribution in [2.45, 2.75) is 6.42 Å². The molecule has 0 bridgehead atoms. The smallest absolute Gasteiger partial charge is 0.331 e. The minimum atomic E-state index is -1.24. The molecule has 0 spiro atoms. The Morgan fingerprint density at radius 3 is 2.42 bits per heavy atom. The molecule has 1 aromatic rings. The summed E-state index contributed by atoms with van der Waals surface area (Å²) in [5, 5.41) is 8.62.